The highest BCUT2D eigenvalue weighted by Gasteiger charge is 2.21. The van der Waals surface area contributed by atoms with Crippen molar-refractivity contribution in [1.82, 2.24) is 4.98 Å². The number of hydrogen-bond donors (Lipinski definition) is 1. The number of Topliss-reactive ketones (excluding diaryl/α,β-unsaturated/α-hetero) is 2. The fourth-order valence-electron chi connectivity index (χ4n) is 3.24. The molecule has 3 nitrogen and oxygen atoms in total. The number of ketones is 2. The molecule has 0 spiro atoms. The summed E-state index contributed by atoms with van der Waals surface area (Å²) in [5.74, 6) is -0.858. The van der Waals surface area contributed by atoms with Gasteiger partial charge in [0.2, 0.25) is 11.6 Å². The highest BCUT2D eigenvalue weighted by molar-refractivity contribution is 6.46. The Morgan fingerprint density at radius 3 is 1.94 bits per heavy atom. The second-order valence-corrected chi connectivity index (χ2v) is 6.20. The van der Waals surface area contributed by atoms with Crippen LogP contribution in [0.5, 0.6) is 0 Å². The van der Waals surface area contributed by atoms with Crippen LogP contribution in [-0.4, -0.2) is 16.6 Å². The molecular formula is C29H35NO2. The highest BCUT2D eigenvalue weighted by atomic mass is 16.2. The number of aromatic nitrogens is 1. The van der Waals surface area contributed by atoms with Gasteiger partial charge in [-0.3, -0.25) is 9.59 Å². The molecule has 0 atom stereocenters. The first-order valence-electron chi connectivity index (χ1n) is 11.5. The lowest BCUT2D eigenvalue weighted by Crippen LogP contribution is -2.16. The number of carbonyl (C=O) groups excluding carboxylic acids is 2. The number of nitrogens with one attached hydrogen (secondary N) is 1. The van der Waals surface area contributed by atoms with Gasteiger partial charge in [-0.25, -0.2) is 0 Å². The van der Waals surface area contributed by atoms with Crippen molar-refractivity contribution < 1.29 is 9.59 Å². The zero-order valence-corrected chi connectivity index (χ0v) is 20.1. The average molecular weight is 430 g/mol. The predicted molar refractivity (Wildman–Crippen MR) is 137 cm³/mol. The van der Waals surface area contributed by atoms with Crippen LogP contribution in [0.3, 0.4) is 0 Å². The van der Waals surface area contributed by atoms with Crippen molar-refractivity contribution in [3.63, 3.8) is 0 Å². The summed E-state index contributed by atoms with van der Waals surface area (Å²) in [6.07, 6.45) is 1.71. The van der Waals surface area contributed by atoms with Gasteiger partial charge in [-0.2, -0.15) is 0 Å². The van der Waals surface area contributed by atoms with Gasteiger partial charge in [-0.05, 0) is 22.8 Å². The molecule has 0 aliphatic heterocycles. The summed E-state index contributed by atoms with van der Waals surface area (Å²) >= 11 is 0. The van der Waals surface area contributed by atoms with E-state index in [0.29, 0.717) is 5.56 Å². The lowest BCUT2D eigenvalue weighted by Gasteiger charge is -2.09. The fourth-order valence-corrected chi connectivity index (χ4v) is 3.24. The zero-order valence-electron chi connectivity index (χ0n) is 20.1. The number of aromatic amines is 1. The fraction of sp³-hybridized carbons (Fsp3) is 0.241. The third-order valence-electron chi connectivity index (χ3n) is 4.54. The minimum absolute atomic E-state index is 0.0867. The Morgan fingerprint density at radius 1 is 0.688 bits per heavy atom. The second-order valence-electron chi connectivity index (χ2n) is 6.20. The summed E-state index contributed by atoms with van der Waals surface area (Å²) in [4.78, 5) is 28.4. The predicted octanol–water partition coefficient (Wildman–Crippen LogP) is 7.91. The van der Waals surface area contributed by atoms with Crippen LogP contribution in [0.4, 0.5) is 0 Å². The van der Waals surface area contributed by atoms with Crippen molar-refractivity contribution in [2.45, 2.75) is 48.0 Å². The van der Waals surface area contributed by atoms with Crippen molar-refractivity contribution in [2.24, 2.45) is 0 Å². The smallest absolute Gasteiger partial charge is 0.231 e. The molecule has 1 aromatic heterocycles. The molecule has 3 aromatic carbocycles. The molecule has 0 saturated heterocycles. The maximum absolute atomic E-state index is 12.7. The third kappa shape index (κ3) is 6.52. The topological polar surface area (TPSA) is 49.9 Å². The van der Waals surface area contributed by atoms with Crippen molar-refractivity contribution in [2.75, 3.05) is 0 Å². The molecule has 168 valence electrons. The van der Waals surface area contributed by atoms with Gasteiger partial charge < -0.3 is 4.98 Å². The maximum atomic E-state index is 12.7. The molecule has 4 rings (SSSR count). The Kier molecular flexibility index (Phi) is 12.1. The highest BCUT2D eigenvalue weighted by Crippen LogP contribution is 2.25. The Hall–Kier alpha value is -3.46. The quantitative estimate of drug-likeness (QED) is 0.259. The van der Waals surface area contributed by atoms with Gasteiger partial charge in [0.25, 0.3) is 0 Å². The van der Waals surface area contributed by atoms with E-state index in [1.807, 2.05) is 120 Å². The second kappa shape index (κ2) is 14.5. The van der Waals surface area contributed by atoms with E-state index in [0.717, 1.165) is 27.6 Å². The molecule has 0 aliphatic carbocycles. The molecular weight excluding hydrogens is 394 g/mol. The summed E-state index contributed by atoms with van der Waals surface area (Å²) in [6.45, 7) is 12.0. The molecule has 0 fully saturated rings. The Labute approximate surface area is 192 Å². The summed E-state index contributed by atoms with van der Waals surface area (Å²) in [5.41, 5.74) is 4.16. The first kappa shape index (κ1) is 26.6. The molecule has 0 unspecified atom stereocenters. The van der Waals surface area contributed by atoms with Crippen LogP contribution in [0, 0.1) is 0 Å². The Bertz CT molecular complexity index is 1090. The molecule has 0 aliphatic rings. The molecule has 0 radical (unpaired) electrons. The van der Waals surface area contributed by atoms with Crippen LogP contribution in [-0.2, 0) is 11.2 Å². The number of para-hydroxylation sites is 1. The van der Waals surface area contributed by atoms with Gasteiger partial charge in [0.15, 0.2) is 0 Å². The van der Waals surface area contributed by atoms with Gasteiger partial charge >= 0.3 is 0 Å². The van der Waals surface area contributed by atoms with E-state index < -0.39 is 11.6 Å². The number of H-pyrrole nitrogens is 1. The number of carbonyl (C=O) groups is 2. The third-order valence-corrected chi connectivity index (χ3v) is 4.54. The van der Waals surface area contributed by atoms with Gasteiger partial charge in [0, 0.05) is 23.5 Å². The van der Waals surface area contributed by atoms with Crippen molar-refractivity contribution in [3.8, 4) is 11.1 Å². The number of benzene rings is 3. The summed E-state index contributed by atoms with van der Waals surface area (Å²) < 4.78 is 0. The molecule has 4 aromatic rings. The van der Waals surface area contributed by atoms with Crippen molar-refractivity contribution in [3.05, 3.63) is 96.2 Å². The van der Waals surface area contributed by atoms with Gasteiger partial charge in [0.05, 0.1) is 5.56 Å². The lowest BCUT2D eigenvalue weighted by molar-refractivity contribution is -0.114. The minimum Gasteiger partial charge on any atom is -0.360 e. The maximum Gasteiger partial charge on any atom is 0.231 e. The number of hydrogen-bond acceptors (Lipinski definition) is 2. The first-order chi connectivity index (χ1) is 15.7. The van der Waals surface area contributed by atoms with E-state index in [4.69, 9.17) is 0 Å². The minimum atomic E-state index is -0.453. The van der Waals surface area contributed by atoms with E-state index >= 15 is 0 Å². The molecule has 0 bridgehead atoms. The molecule has 0 amide bonds. The molecule has 1 N–H and O–H groups in total. The van der Waals surface area contributed by atoms with Crippen LogP contribution in [0.1, 0.15) is 57.5 Å². The molecule has 1 heterocycles. The standard InChI is InChI=1S/C23H17NO2.3C2H6/c25-22(23(26)20-15-24-21-13-7-6-12-19(20)21)14-17-10-4-5-11-18(17)16-8-2-1-3-9-16;3*1-2/h1-13,15,24H,14H2;3*1-2H3. The first-order valence-corrected chi connectivity index (χ1v) is 11.5. The summed E-state index contributed by atoms with van der Waals surface area (Å²) in [5, 5.41) is 0.780. The summed E-state index contributed by atoms with van der Waals surface area (Å²) in [7, 11) is 0. The SMILES string of the molecule is CC.CC.CC.O=C(Cc1ccccc1-c1ccccc1)C(=O)c1c[nH]c2ccccc12. The normalized spacial score (nSPS) is 9.31. The van der Waals surface area contributed by atoms with E-state index in [1.54, 1.807) is 6.20 Å². The van der Waals surface area contributed by atoms with Crippen LogP contribution in [0.25, 0.3) is 22.0 Å². The molecule has 3 heteroatoms. The largest absolute Gasteiger partial charge is 0.360 e. The van der Waals surface area contributed by atoms with E-state index in [9.17, 15) is 9.59 Å². The van der Waals surface area contributed by atoms with Gasteiger partial charge in [-0.15, -0.1) is 0 Å². The monoisotopic (exact) mass is 429 g/mol. The number of rotatable bonds is 5. The number of fused-ring (bicyclic) bond motifs is 1. The van der Waals surface area contributed by atoms with E-state index in [-0.39, 0.29) is 6.42 Å². The molecule has 0 saturated carbocycles. The van der Waals surface area contributed by atoms with Gasteiger partial charge in [-0.1, -0.05) is 114 Å². The van der Waals surface area contributed by atoms with Crippen molar-refractivity contribution >= 4 is 22.5 Å². The molecule has 32 heavy (non-hydrogen) atoms. The van der Waals surface area contributed by atoms with Crippen LogP contribution >= 0.6 is 0 Å². The van der Waals surface area contributed by atoms with E-state index in [1.165, 1.54) is 0 Å². The van der Waals surface area contributed by atoms with E-state index in [2.05, 4.69) is 4.98 Å². The zero-order chi connectivity index (χ0) is 23.9. The van der Waals surface area contributed by atoms with Crippen LogP contribution in [0.15, 0.2) is 85.1 Å². The average Bonchev–Trinajstić information content (AvgIpc) is 3.32. The van der Waals surface area contributed by atoms with Gasteiger partial charge in [0.1, 0.15) is 0 Å². The lowest BCUT2D eigenvalue weighted by atomic mass is 9.94. The Balaban J connectivity index is 0.000000789. The summed E-state index contributed by atoms with van der Waals surface area (Å²) in [6, 6.07) is 25.1. The Morgan fingerprint density at radius 2 is 1.25 bits per heavy atom. The van der Waals surface area contributed by atoms with Crippen LogP contribution < -0.4 is 0 Å². The van der Waals surface area contributed by atoms with Crippen molar-refractivity contribution in [1.29, 1.82) is 0 Å². The van der Waals surface area contributed by atoms with Crippen LogP contribution in [0.2, 0.25) is 0 Å².